The summed E-state index contributed by atoms with van der Waals surface area (Å²) in [4.78, 5) is 12.0. The number of nitrogens with two attached hydrogens (primary N) is 1. The van der Waals surface area contributed by atoms with Crippen LogP contribution in [0.15, 0.2) is 46.9 Å². The summed E-state index contributed by atoms with van der Waals surface area (Å²) in [5.41, 5.74) is 4.31. The molecule has 1 amide bonds. The topological polar surface area (TPSA) is 67.1 Å². The van der Waals surface area contributed by atoms with E-state index < -0.39 is 0 Å². The predicted molar refractivity (Wildman–Crippen MR) is 81.4 cm³/mol. The number of hydrogen-bond acceptors (Lipinski definition) is 3. The van der Waals surface area contributed by atoms with Gasteiger partial charge in [0.05, 0.1) is 10.7 Å². The first-order valence-corrected chi connectivity index (χ1v) is 6.60. The maximum absolute atomic E-state index is 12.0. The Labute approximate surface area is 124 Å². The second kappa shape index (κ2) is 6.06. The van der Waals surface area contributed by atoms with Crippen LogP contribution < -0.4 is 16.6 Å². The molecule has 0 radical (unpaired) electrons. The van der Waals surface area contributed by atoms with Crippen LogP contribution in [0.25, 0.3) is 0 Å². The lowest BCUT2D eigenvalue weighted by Crippen LogP contribution is -2.13. The highest BCUT2D eigenvalue weighted by Crippen LogP contribution is 2.26. The minimum atomic E-state index is -0.233. The molecule has 0 saturated carbocycles. The fourth-order valence-corrected chi connectivity index (χ4v) is 2.03. The van der Waals surface area contributed by atoms with Gasteiger partial charge in [0.2, 0.25) is 0 Å². The summed E-state index contributed by atoms with van der Waals surface area (Å²) in [5, 5.41) is 3.24. The highest BCUT2D eigenvalue weighted by Gasteiger charge is 2.08. The molecule has 0 heterocycles. The zero-order valence-corrected chi connectivity index (χ0v) is 12.1. The lowest BCUT2D eigenvalue weighted by Gasteiger charge is -2.08. The van der Waals surface area contributed by atoms with Gasteiger partial charge in [0.1, 0.15) is 0 Å². The van der Waals surface area contributed by atoms with Gasteiger partial charge in [-0.25, -0.2) is 0 Å². The minimum absolute atomic E-state index is 0.233. The van der Waals surface area contributed by atoms with Gasteiger partial charge >= 0.3 is 0 Å². The van der Waals surface area contributed by atoms with Crippen LogP contribution in [0.5, 0.6) is 0 Å². The van der Waals surface area contributed by atoms with E-state index in [0.29, 0.717) is 16.3 Å². The molecule has 19 heavy (non-hydrogen) atoms. The molecule has 0 atom stereocenters. The molecule has 0 aromatic heterocycles. The van der Waals surface area contributed by atoms with Crippen LogP contribution in [0.1, 0.15) is 10.4 Å². The second-order valence-electron chi connectivity index (χ2n) is 3.80. The van der Waals surface area contributed by atoms with Crippen LogP contribution in [0.3, 0.4) is 0 Å². The van der Waals surface area contributed by atoms with Crippen molar-refractivity contribution in [2.24, 2.45) is 5.84 Å². The minimum Gasteiger partial charge on any atom is -0.324 e. The van der Waals surface area contributed by atoms with Gasteiger partial charge in [-0.05, 0) is 42.5 Å². The normalized spacial score (nSPS) is 10.1. The summed E-state index contributed by atoms with van der Waals surface area (Å²) in [7, 11) is 0. The summed E-state index contributed by atoms with van der Waals surface area (Å²) >= 11 is 9.34. The van der Waals surface area contributed by atoms with Gasteiger partial charge in [0.15, 0.2) is 0 Å². The third kappa shape index (κ3) is 3.47. The first-order chi connectivity index (χ1) is 9.10. The van der Waals surface area contributed by atoms with E-state index in [1.807, 2.05) is 0 Å². The van der Waals surface area contributed by atoms with E-state index in [4.69, 9.17) is 17.4 Å². The molecule has 98 valence electrons. The predicted octanol–water partition coefficient (Wildman–Crippen LogP) is 3.64. The monoisotopic (exact) mass is 339 g/mol. The number of benzene rings is 2. The van der Waals surface area contributed by atoms with Crippen molar-refractivity contribution in [3.8, 4) is 0 Å². The van der Waals surface area contributed by atoms with E-state index in [-0.39, 0.29) is 5.91 Å². The summed E-state index contributed by atoms with van der Waals surface area (Å²) in [5.74, 6) is 5.03. The van der Waals surface area contributed by atoms with Gasteiger partial charge in [-0.1, -0.05) is 27.5 Å². The number of hydrazine groups is 1. The third-order valence-corrected chi connectivity index (χ3v) is 3.31. The first-order valence-electron chi connectivity index (χ1n) is 5.43. The van der Waals surface area contributed by atoms with Crippen molar-refractivity contribution in [2.75, 3.05) is 10.7 Å². The number of anilines is 2. The van der Waals surface area contributed by atoms with Crippen molar-refractivity contribution in [3.05, 3.63) is 57.5 Å². The maximum Gasteiger partial charge on any atom is 0.255 e. The van der Waals surface area contributed by atoms with E-state index in [9.17, 15) is 4.79 Å². The van der Waals surface area contributed by atoms with Gasteiger partial charge in [-0.3, -0.25) is 10.6 Å². The molecule has 0 bridgehead atoms. The Morgan fingerprint density at radius 3 is 2.47 bits per heavy atom. The van der Waals surface area contributed by atoms with Gasteiger partial charge in [-0.15, -0.1) is 0 Å². The van der Waals surface area contributed by atoms with Crippen molar-refractivity contribution in [1.82, 2.24) is 0 Å². The molecule has 4 N–H and O–H groups in total. The zero-order chi connectivity index (χ0) is 13.8. The lowest BCUT2D eigenvalue weighted by molar-refractivity contribution is 0.102. The van der Waals surface area contributed by atoms with Crippen LogP contribution in [-0.4, -0.2) is 5.91 Å². The Morgan fingerprint density at radius 1 is 1.16 bits per heavy atom. The van der Waals surface area contributed by atoms with Crippen LogP contribution in [0.2, 0.25) is 5.02 Å². The third-order valence-electron chi connectivity index (χ3n) is 2.49. The molecule has 4 nitrogen and oxygen atoms in total. The molecule has 0 aliphatic heterocycles. The molecular weight excluding hydrogens is 330 g/mol. The summed E-state index contributed by atoms with van der Waals surface area (Å²) in [6.45, 7) is 0. The molecule has 0 aliphatic carbocycles. The average Bonchev–Trinajstić information content (AvgIpc) is 2.43. The van der Waals surface area contributed by atoms with E-state index in [1.165, 1.54) is 0 Å². The lowest BCUT2D eigenvalue weighted by atomic mass is 10.2. The number of amides is 1. The quantitative estimate of drug-likeness (QED) is 0.590. The number of hydrogen-bond donors (Lipinski definition) is 3. The molecule has 2 aromatic carbocycles. The molecule has 2 rings (SSSR count). The zero-order valence-electron chi connectivity index (χ0n) is 9.78. The van der Waals surface area contributed by atoms with E-state index >= 15 is 0 Å². The van der Waals surface area contributed by atoms with Gasteiger partial charge < -0.3 is 10.7 Å². The molecule has 2 aromatic rings. The highest BCUT2D eigenvalue weighted by atomic mass is 79.9. The first kappa shape index (κ1) is 13.9. The standard InChI is InChI=1S/C13H11BrClN3O/c14-9-3-6-11(15)12(7-9)17-13(19)8-1-4-10(18-16)5-2-8/h1-7,18H,16H2,(H,17,19). The van der Waals surface area contributed by atoms with Gasteiger partial charge in [0.25, 0.3) is 5.91 Å². The Balaban J connectivity index is 2.18. The van der Waals surface area contributed by atoms with Crippen LogP contribution >= 0.6 is 27.5 Å². The molecule has 0 fully saturated rings. The highest BCUT2D eigenvalue weighted by molar-refractivity contribution is 9.10. The van der Waals surface area contributed by atoms with Crippen molar-refractivity contribution in [1.29, 1.82) is 0 Å². The van der Waals surface area contributed by atoms with Gasteiger partial charge in [-0.2, -0.15) is 0 Å². The van der Waals surface area contributed by atoms with Crippen molar-refractivity contribution >= 4 is 44.8 Å². The number of carbonyl (C=O) groups excluding carboxylic acids is 1. The second-order valence-corrected chi connectivity index (χ2v) is 5.12. The Morgan fingerprint density at radius 2 is 1.84 bits per heavy atom. The Hall–Kier alpha value is -1.56. The molecular formula is C13H11BrClN3O. The van der Waals surface area contributed by atoms with Crippen LogP contribution in [-0.2, 0) is 0 Å². The van der Waals surface area contributed by atoms with Gasteiger partial charge in [0, 0.05) is 15.7 Å². The molecule has 0 saturated heterocycles. The fraction of sp³-hybridized carbons (Fsp3) is 0. The molecule has 6 heteroatoms. The Kier molecular flexibility index (Phi) is 4.42. The van der Waals surface area contributed by atoms with Crippen molar-refractivity contribution < 1.29 is 4.79 Å². The number of nitrogens with one attached hydrogen (secondary N) is 2. The molecule has 0 unspecified atom stereocenters. The SMILES string of the molecule is NNc1ccc(C(=O)Nc2cc(Br)ccc2Cl)cc1. The average molecular weight is 341 g/mol. The van der Waals surface area contributed by atoms with Crippen LogP contribution in [0.4, 0.5) is 11.4 Å². The van der Waals surface area contributed by atoms with E-state index in [2.05, 4.69) is 26.7 Å². The summed E-state index contributed by atoms with van der Waals surface area (Å²) < 4.78 is 0.842. The number of nitrogen functional groups attached to an aromatic ring is 1. The molecule has 0 spiro atoms. The largest absolute Gasteiger partial charge is 0.324 e. The number of rotatable bonds is 3. The number of carbonyl (C=O) groups is 1. The maximum atomic E-state index is 12.0. The van der Waals surface area contributed by atoms with Crippen molar-refractivity contribution in [2.45, 2.75) is 0 Å². The summed E-state index contributed by atoms with van der Waals surface area (Å²) in [6.07, 6.45) is 0. The number of halogens is 2. The van der Waals surface area contributed by atoms with E-state index in [1.54, 1.807) is 42.5 Å². The van der Waals surface area contributed by atoms with Crippen molar-refractivity contribution in [3.63, 3.8) is 0 Å². The fourth-order valence-electron chi connectivity index (χ4n) is 1.51. The van der Waals surface area contributed by atoms with E-state index in [0.717, 1.165) is 10.2 Å². The smallest absolute Gasteiger partial charge is 0.255 e. The molecule has 0 aliphatic rings. The summed E-state index contributed by atoms with van der Waals surface area (Å²) in [6, 6.07) is 12.1. The Bertz CT molecular complexity index is 601. The van der Waals surface area contributed by atoms with Crippen LogP contribution in [0, 0.1) is 0 Å².